The van der Waals surface area contributed by atoms with Crippen LogP contribution in [0.5, 0.6) is 5.75 Å². The number of nitrogens with one attached hydrogen (secondary N) is 1. The molecule has 1 aliphatic rings. The van der Waals surface area contributed by atoms with Crippen molar-refractivity contribution in [2.24, 2.45) is 0 Å². The van der Waals surface area contributed by atoms with E-state index in [1.54, 1.807) is 41.3 Å². The summed E-state index contributed by atoms with van der Waals surface area (Å²) in [6, 6.07) is 17.5. The van der Waals surface area contributed by atoms with Gasteiger partial charge in [-0.2, -0.15) is 0 Å². The van der Waals surface area contributed by atoms with Crippen LogP contribution in [0.2, 0.25) is 0 Å². The summed E-state index contributed by atoms with van der Waals surface area (Å²) in [6.45, 7) is 4.46. The molecule has 5 nitrogen and oxygen atoms in total. The second-order valence-corrected chi connectivity index (χ2v) is 7.93. The number of fused-ring (bicyclic) bond motifs is 1. The Balaban J connectivity index is 1.44. The molecule has 2 amide bonds. The monoisotopic (exact) mass is 432 g/mol. The highest BCUT2D eigenvalue weighted by Crippen LogP contribution is 2.29. The minimum atomic E-state index is -0.321. The molecule has 6 heteroatoms. The Hall–Kier alpha value is -3.67. The van der Waals surface area contributed by atoms with Crippen molar-refractivity contribution in [1.29, 1.82) is 0 Å². The van der Waals surface area contributed by atoms with E-state index in [9.17, 15) is 14.0 Å². The normalized spacial score (nSPS) is 13.0. The molecule has 0 fully saturated rings. The number of hydrogen-bond donors (Lipinski definition) is 1. The van der Waals surface area contributed by atoms with Gasteiger partial charge >= 0.3 is 0 Å². The molecule has 164 valence electrons. The summed E-state index contributed by atoms with van der Waals surface area (Å²) in [4.78, 5) is 27.1. The van der Waals surface area contributed by atoms with Crippen molar-refractivity contribution in [3.63, 3.8) is 0 Å². The molecule has 3 aromatic carbocycles. The fraction of sp³-hybridized carbons (Fsp3) is 0.231. The van der Waals surface area contributed by atoms with Crippen molar-refractivity contribution in [3.05, 3.63) is 94.3 Å². The van der Waals surface area contributed by atoms with E-state index in [1.807, 2.05) is 32.0 Å². The highest BCUT2D eigenvalue weighted by molar-refractivity contribution is 5.97. The van der Waals surface area contributed by atoms with Gasteiger partial charge in [0.2, 0.25) is 0 Å². The van der Waals surface area contributed by atoms with Gasteiger partial charge < -0.3 is 15.0 Å². The lowest BCUT2D eigenvalue weighted by Crippen LogP contribution is -2.37. The Kier molecular flexibility index (Phi) is 6.21. The molecule has 0 aromatic heterocycles. The lowest BCUT2D eigenvalue weighted by Gasteiger charge is -2.29. The van der Waals surface area contributed by atoms with Crippen LogP contribution in [0.15, 0.2) is 60.7 Å². The van der Waals surface area contributed by atoms with E-state index in [0.29, 0.717) is 29.8 Å². The summed E-state index contributed by atoms with van der Waals surface area (Å²) in [5, 5.41) is 2.88. The molecular weight excluding hydrogens is 407 g/mol. The zero-order valence-corrected chi connectivity index (χ0v) is 18.2. The summed E-state index contributed by atoms with van der Waals surface area (Å²) in [5.74, 6) is -0.227. The Bertz CT molecular complexity index is 1180. The maximum absolute atomic E-state index is 14.0. The largest absolute Gasteiger partial charge is 0.483 e. The van der Waals surface area contributed by atoms with Crippen LogP contribution in [-0.2, 0) is 17.8 Å². The molecule has 0 saturated carbocycles. The molecule has 0 atom stereocenters. The summed E-state index contributed by atoms with van der Waals surface area (Å²) >= 11 is 0. The molecule has 0 saturated heterocycles. The smallest absolute Gasteiger partial charge is 0.262 e. The third-order valence-electron chi connectivity index (χ3n) is 5.84. The van der Waals surface area contributed by atoms with Crippen molar-refractivity contribution in [1.82, 2.24) is 4.90 Å². The Morgan fingerprint density at radius 3 is 2.66 bits per heavy atom. The quantitative estimate of drug-likeness (QED) is 0.616. The number of benzene rings is 3. The molecular formula is C26H25FN2O3. The molecule has 1 N–H and O–H groups in total. The number of halogens is 1. The average molecular weight is 432 g/mol. The molecule has 1 heterocycles. The Morgan fingerprint density at radius 1 is 1.06 bits per heavy atom. The molecule has 0 aliphatic carbocycles. The zero-order valence-electron chi connectivity index (χ0n) is 18.2. The van der Waals surface area contributed by atoms with Gasteiger partial charge in [-0.25, -0.2) is 4.39 Å². The molecule has 4 rings (SSSR count). The highest BCUT2D eigenvalue weighted by atomic mass is 19.1. The minimum absolute atomic E-state index is 0.156. The number of anilines is 1. The van der Waals surface area contributed by atoms with Crippen LogP contribution >= 0.6 is 0 Å². The second kappa shape index (κ2) is 9.22. The summed E-state index contributed by atoms with van der Waals surface area (Å²) in [7, 11) is 0. The van der Waals surface area contributed by atoms with Crippen LogP contribution in [-0.4, -0.2) is 29.9 Å². The van der Waals surface area contributed by atoms with Gasteiger partial charge in [0.05, 0.1) is 0 Å². The first-order valence-electron chi connectivity index (χ1n) is 10.6. The molecule has 0 bridgehead atoms. The first kappa shape index (κ1) is 21.6. The van der Waals surface area contributed by atoms with Gasteiger partial charge in [-0.05, 0) is 55.7 Å². The fourth-order valence-electron chi connectivity index (χ4n) is 3.88. The molecule has 0 spiro atoms. The molecule has 0 radical (unpaired) electrons. The lowest BCUT2D eigenvalue weighted by molar-refractivity contribution is -0.118. The second-order valence-electron chi connectivity index (χ2n) is 7.93. The van der Waals surface area contributed by atoms with Gasteiger partial charge in [-0.1, -0.05) is 36.4 Å². The number of rotatable bonds is 6. The van der Waals surface area contributed by atoms with Crippen LogP contribution in [0.25, 0.3) is 0 Å². The Labute approximate surface area is 186 Å². The van der Waals surface area contributed by atoms with E-state index in [4.69, 9.17) is 4.74 Å². The number of nitrogens with zero attached hydrogens (tertiary/aromatic N) is 1. The first-order valence-corrected chi connectivity index (χ1v) is 10.6. The van der Waals surface area contributed by atoms with E-state index < -0.39 is 0 Å². The van der Waals surface area contributed by atoms with E-state index in [1.165, 1.54) is 6.07 Å². The topological polar surface area (TPSA) is 58.6 Å². The number of aryl methyl sites for hydroxylation is 1. The van der Waals surface area contributed by atoms with Crippen LogP contribution in [0.1, 0.15) is 32.6 Å². The van der Waals surface area contributed by atoms with Crippen molar-refractivity contribution in [2.45, 2.75) is 26.8 Å². The fourth-order valence-corrected chi connectivity index (χ4v) is 3.88. The maximum atomic E-state index is 14.0. The molecule has 32 heavy (non-hydrogen) atoms. The number of carbonyl (C=O) groups excluding carboxylic acids is 2. The number of hydrogen-bond acceptors (Lipinski definition) is 3. The lowest BCUT2D eigenvalue weighted by atomic mass is 9.97. The van der Waals surface area contributed by atoms with E-state index in [2.05, 4.69) is 5.32 Å². The van der Waals surface area contributed by atoms with Gasteiger partial charge in [0.15, 0.2) is 6.61 Å². The van der Waals surface area contributed by atoms with Crippen molar-refractivity contribution >= 4 is 17.5 Å². The number of carbonyl (C=O) groups is 2. The third-order valence-corrected chi connectivity index (χ3v) is 5.84. The summed E-state index contributed by atoms with van der Waals surface area (Å²) in [6.07, 6.45) is 0.574. The third kappa shape index (κ3) is 4.49. The van der Waals surface area contributed by atoms with Crippen LogP contribution < -0.4 is 10.1 Å². The standard InChI is InChI=1S/C26H25FN2O3/c1-17-7-5-11-23(18(17)2)28-25(30)16-32-24-12-6-9-21-20(24)13-14-29(26(21)31)15-19-8-3-4-10-22(19)27/h3-12H,13-16H2,1-2H3,(H,28,30). The highest BCUT2D eigenvalue weighted by Gasteiger charge is 2.27. The van der Waals surface area contributed by atoms with Crippen molar-refractivity contribution in [3.8, 4) is 5.75 Å². The first-order chi connectivity index (χ1) is 15.4. The van der Waals surface area contributed by atoms with Crippen molar-refractivity contribution in [2.75, 3.05) is 18.5 Å². The predicted molar refractivity (Wildman–Crippen MR) is 121 cm³/mol. The SMILES string of the molecule is Cc1cccc(NC(=O)COc2cccc3c2CCN(Cc2ccccc2F)C3=O)c1C. The van der Waals surface area contributed by atoms with E-state index in [0.717, 1.165) is 22.4 Å². The number of ether oxygens (including phenoxy) is 1. The van der Waals surface area contributed by atoms with Gasteiger partial charge in [0, 0.05) is 35.5 Å². The van der Waals surface area contributed by atoms with E-state index >= 15 is 0 Å². The molecule has 0 unspecified atom stereocenters. The Morgan fingerprint density at radius 2 is 1.84 bits per heavy atom. The van der Waals surface area contributed by atoms with Gasteiger partial charge in [0.25, 0.3) is 11.8 Å². The average Bonchev–Trinajstić information content (AvgIpc) is 2.79. The molecule has 1 aliphatic heterocycles. The molecule has 3 aromatic rings. The van der Waals surface area contributed by atoms with Gasteiger partial charge in [-0.3, -0.25) is 9.59 Å². The van der Waals surface area contributed by atoms with Crippen LogP contribution in [0.3, 0.4) is 0 Å². The van der Waals surface area contributed by atoms with Crippen molar-refractivity contribution < 1.29 is 18.7 Å². The minimum Gasteiger partial charge on any atom is -0.483 e. The maximum Gasteiger partial charge on any atom is 0.262 e. The van der Waals surface area contributed by atoms with E-state index in [-0.39, 0.29) is 30.8 Å². The van der Waals surface area contributed by atoms with Crippen LogP contribution in [0.4, 0.5) is 10.1 Å². The predicted octanol–water partition coefficient (Wildman–Crippen LogP) is 4.66. The number of amides is 2. The van der Waals surface area contributed by atoms with Gasteiger partial charge in [0.1, 0.15) is 11.6 Å². The van der Waals surface area contributed by atoms with Crippen LogP contribution in [0, 0.1) is 19.7 Å². The van der Waals surface area contributed by atoms with Gasteiger partial charge in [-0.15, -0.1) is 0 Å². The summed E-state index contributed by atoms with van der Waals surface area (Å²) in [5.41, 5.74) is 4.66. The zero-order chi connectivity index (χ0) is 22.7. The summed E-state index contributed by atoms with van der Waals surface area (Å²) < 4.78 is 19.8.